The molecule has 4 nitrogen and oxygen atoms in total. The lowest BCUT2D eigenvalue weighted by Crippen LogP contribution is -2.44. The molecular weight excluding hydrogens is 451 g/mol. The zero-order valence-corrected chi connectivity index (χ0v) is 20.1. The fraction of sp³-hybridized carbons (Fsp3) is 0.161. The molecule has 0 bridgehead atoms. The lowest BCUT2D eigenvalue weighted by Gasteiger charge is -2.37. The summed E-state index contributed by atoms with van der Waals surface area (Å²) in [7, 11) is 0. The highest BCUT2D eigenvalue weighted by molar-refractivity contribution is 6.04. The van der Waals surface area contributed by atoms with Crippen molar-refractivity contribution in [2.24, 2.45) is 4.99 Å². The van der Waals surface area contributed by atoms with Crippen molar-refractivity contribution >= 4 is 11.8 Å². The molecule has 0 spiro atoms. The number of rotatable bonds is 7. The van der Waals surface area contributed by atoms with E-state index < -0.39 is 17.6 Å². The van der Waals surface area contributed by atoms with Crippen LogP contribution < -0.4 is 0 Å². The van der Waals surface area contributed by atoms with Crippen molar-refractivity contribution in [1.82, 2.24) is 4.90 Å². The van der Waals surface area contributed by atoms with E-state index in [1.165, 1.54) is 12.1 Å². The van der Waals surface area contributed by atoms with E-state index in [2.05, 4.69) is 17.0 Å². The third-order valence-corrected chi connectivity index (χ3v) is 6.48. The molecule has 0 radical (unpaired) electrons. The minimum Gasteiger partial charge on any atom is -0.464 e. The van der Waals surface area contributed by atoms with Crippen LogP contribution in [0.2, 0.25) is 0 Å². The molecule has 36 heavy (non-hydrogen) atoms. The minimum atomic E-state index is -1.38. The molecule has 0 saturated carbocycles. The fourth-order valence-corrected chi connectivity index (χ4v) is 4.90. The Morgan fingerprint density at radius 2 is 1.44 bits per heavy atom. The molecule has 2 atom stereocenters. The molecule has 180 valence electrons. The first-order valence-electron chi connectivity index (χ1n) is 12.1. The number of ether oxygens (including phenoxy) is 1. The molecule has 1 aliphatic rings. The number of esters is 1. The van der Waals surface area contributed by atoms with Crippen LogP contribution in [0.15, 0.2) is 120 Å². The van der Waals surface area contributed by atoms with Gasteiger partial charge in [-0.1, -0.05) is 103 Å². The van der Waals surface area contributed by atoms with Crippen molar-refractivity contribution in [3.05, 3.63) is 143 Å². The summed E-state index contributed by atoms with van der Waals surface area (Å²) < 4.78 is 19.7. The lowest BCUT2D eigenvalue weighted by atomic mass is 9.79. The number of amidine groups is 1. The summed E-state index contributed by atoms with van der Waals surface area (Å²) in [6.07, 6.45) is 0. The van der Waals surface area contributed by atoms with E-state index in [1.807, 2.05) is 78.9 Å². The molecule has 5 heteroatoms. The van der Waals surface area contributed by atoms with Crippen LogP contribution >= 0.6 is 0 Å². The maximum atomic E-state index is 14.0. The van der Waals surface area contributed by atoms with Gasteiger partial charge in [0.15, 0.2) is 0 Å². The van der Waals surface area contributed by atoms with Gasteiger partial charge in [0.25, 0.3) is 0 Å². The van der Waals surface area contributed by atoms with E-state index in [1.54, 1.807) is 19.1 Å². The molecule has 1 heterocycles. The van der Waals surface area contributed by atoms with Crippen LogP contribution in [0.1, 0.15) is 35.2 Å². The van der Waals surface area contributed by atoms with Gasteiger partial charge < -0.3 is 9.64 Å². The maximum absolute atomic E-state index is 14.0. The number of nitrogens with zero attached hydrogens (tertiary/aromatic N) is 2. The summed E-state index contributed by atoms with van der Waals surface area (Å²) in [5.74, 6) is -0.0859. The Morgan fingerprint density at radius 3 is 2.06 bits per heavy atom. The second kappa shape index (κ2) is 10.2. The molecule has 4 aromatic carbocycles. The van der Waals surface area contributed by atoms with Crippen LogP contribution in [0.25, 0.3) is 0 Å². The molecule has 0 fully saturated rings. The first kappa shape index (κ1) is 23.5. The summed E-state index contributed by atoms with van der Waals surface area (Å²) >= 11 is 0. The van der Waals surface area contributed by atoms with Gasteiger partial charge in [0, 0.05) is 12.1 Å². The SMILES string of the molecule is CCOC(=O)[C@]1(c2ccccc2)N=C(c2ccccc2)N(Cc2ccccc2)[C@@H]1c1ccc(F)cc1. The number of benzene rings is 4. The third-order valence-electron chi connectivity index (χ3n) is 6.48. The van der Waals surface area contributed by atoms with E-state index in [0.717, 1.165) is 22.3 Å². The van der Waals surface area contributed by atoms with Crippen molar-refractivity contribution in [2.45, 2.75) is 25.0 Å². The number of halogens is 1. The van der Waals surface area contributed by atoms with Crippen LogP contribution in [-0.4, -0.2) is 23.3 Å². The van der Waals surface area contributed by atoms with Gasteiger partial charge in [-0.25, -0.2) is 14.2 Å². The van der Waals surface area contributed by atoms with Crippen molar-refractivity contribution in [1.29, 1.82) is 0 Å². The van der Waals surface area contributed by atoms with E-state index in [4.69, 9.17) is 9.73 Å². The Hall–Kier alpha value is -4.25. The smallest absolute Gasteiger partial charge is 0.341 e. The Bertz CT molecular complexity index is 1340. The first-order valence-corrected chi connectivity index (χ1v) is 12.1. The van der Waals surface area contributed by atoms with Crippen LogP contribution in [0.5, 0.6) is 0 Å². The second-order valence-electron chi connectivity index (χ2n) is 8.72. The zero-order chi connectivity index (χ0) is 25.0. The van der Waals surface area contributed by atoms with E-state index in [-0.39, 0.29) is 12.4 Å². The Kier molecular flexibility index (Phi) is 6.63. The number of aliphatic imine (C=N–C) groups is 1. The molecule has 0 aromatic heterocycles. The maximum Gasteiger partial charge on any atom is 0.341 e. The van der Waals surface area contributed by atoms with Crippen LogP contribution in [0.4, 0.5) is 4.39 Å². The molecule has 1 aliphatic heterocycles. The normalized spacial score (nSPS) is 19.1. The Morgan fingerprint density at radius 1 is 0.861 bits per heavy atom. The fourth-order valence-electron chi connectivity index (χ4n) is 4.90. The average molecular weight is 479 g/mol. The van der Waals surface area contributed by atoms with Gasteiger partial charge in [0.2, 0.25) is 5.54 Å². The average Bonchev–Trinajstić information content (AvgIpc) is 3.27. The van der Waals surface area contributed by atoms with Crippen molar-refractivity contribution in [3.63, 3.8) is 0 Å². The summed E-state index contributed by atoms with van der Waals surface area (Å²) in [5.41, 5.74) is 2.08. The quantitative estimate of drug-likeness (QED) is 0.293. The summed E-state index contributed by atoms with van der Waals surface area (Å²) in [4.78, 5) is 21.3. The van der Waals surface area contributed by atoms with Gasteiger partial charge in [0.1, 0.15) is 11.7 Å². The molecule has 0 amide bonds. The van der Waals surface area contributed by atoms with E-state index in [9.17, 15) is 9.18 Å². The van der Waals surface area contributed by atoms with E-state index >= 15 is 0 Å². The van der Waals surface area contributed by atoms with Crippen molar-refractivity contribution < 1.29 is 13.9 Å². The minimum absolute atomic E-state index is 0.221. The van der Waals surface area contributed by atoms with Gasteiger partial charge >= 0.3 is 5.97 Å². The lowest BCUT2D eigenvalue weighted by molar-refractivity contribution is -0.151. The molecule has 0 aliphatic carbocycles. The third kappa shape index (κ3) is 4.29. The van der Waals surface area contributed by atoms with Gasteiger partial charge in [-0.15, -0.1) is 0 Å². The predicted molar refractivity (Wildman–Crippen MR) is 139 cm³/mol. The Labute approximate surface area is 210 Å². The number of hydrogen-bond donors (Lipinski definition) is 0. The highest BCUT2D eigenvalue weighted by Gasteiger charge is 2.57. The monoisotopic (exact) mass is 478 g/mol. The highest BCUT2D eigenvalue weighted by atomic mass is 19.1. The van der Waals surface area contributed by atoms with E-state index in [0.29, 0.717) is 12.4 Å². The van der Waals surface area contributed by atoms with Gasteiger partial charge in [-0.2, -0.15) is 0 Å². The first-order chi connectivity index (χ1) is 17.6. The Balaban J connectivity index is 1.79. The molecule has 0 unspecified atom stereocenters. The second-order valence-corrected chi connectivity index (χ2v) is 8.72. The van der Waals surface area contributed by atoms with Gasteiger partial charge in [-0.3, -0.25) is 0 Å². The van der Waals surface area contributed by atoms with Crippen molar-refractivity contribution in [3.8, 4) is 0 Å². The van der Waals surface area contributed by atoms with Gasteiger partial charge in [0.05, 0.1) is 12.6 Å². The highest BCUT2D eigenvalue weighted by Crippen LogP contribution is 2.50. The number of hydrogen-bond acceptors (Lipinski definition) is 4. The summed E-state index contributed by atoms with van der Waals surface area (Å²) in [5, 5.41) is 0. The largest absolute Gasteiger partial charge is 0.464 e. The summed E-state index contributed by atoms with van der Waals surface area (Å²) in [6.45, 7) is 2.52. The molecular formula is C31H27FN2O2. The predicted octanol–water partition coefficient (Wildman–Crippen LogP) is 6.29. The van der Waals surface area contributed by atoms with Crippen LogP contribution in [0, 0.1) is 5.82 Å². The number of carbonyl (C=O) groups excluding carboxylic acids is 1. The van der Waals surface area contributed by atoms with Crippen molar-refractivity contribution in [2.75, 3.05) is 6.61 Å². The topological polar surface area (TPSA) is 41.9 Å². The van der Waals surface area contributed by atoms with Crippen LogP contribution in [-0.2, 0) is 21.6 Å². The molecule has 0 N–H and O–H groups in total. The van der Waals surface area contributed by atoms with Gasteiger partial charge in [-0.05, 0) is 35.7 Å². The molecule has 4 aromatic rings. The molecule has 5 rings (SSSR count). The number of carbonyl (C=O) groups is 1. The summed E-state index contributed by atoms with van der Waals surface area (Å²) in [6, 6.07) is 35.2. The van der Waals surface area contributed by atoms with Crippen LogP contribution in [0.3, 0.4) is 0 Å². The molecule has 0 saturated heterocycles. The zero-order valence-electron chi connectivity index (χ0n) is 20.1. The standard InChI is InChI=1S/C31H27FN2O2/c1-2-36-30(35)31(26-16-10-5-11-17-26)28(24-18-20-27(32)21-19-24)34(22-23-12-6-3-7-13-23)29(33-31)25-14-8-4-9-15-25/h3-21,28H,2,22H2,1H3/t28-,31-/m1/s1.